The lowest BCUT2D eigenvalue weighted by Gasteiger charge is -2.46. The summed E-state index contributed by atoms with van der Waals surface area (Å²) in [6, 6.07) is 11.4. The van der Waals surface area contributed by atoms with Gasteiger partial charge in [-0.05, 0) is 32.0 Å². The zero-order valence-corrected chi connectivity index (χ0v) is 13.2. The molecule has 0 aromatic heterocycles. The van der Waals surface area contributed by atoms with Crippen LogP contribution in [0.1, 0.15) is 18.4 Å². The summed E-state index contributed by atoms with van der Waals surface area (Å²) in [4.78, 5) is 18.4. The summed E-state index contributed by atoms with van der Waals surface area (Å²) in [5, 5.41) is 0. The number of fused-ring (bicyclic) bond motifs is 1. The largest absolute Gasteiger partial charge is 0.331 e. The Kier molecular flexibility index (Phi) is 3.66. The fourth-order valence-corrected chi connectivity index (χ4v) is 4.07. The van der Waals surface area contributed by atoms with Gasteiger partial charge in [0, 0.05) is 38.6 Å². The van der Waals surface area contributed by atoms with Gasteiger partial charge < -0.3 is 14.7 Å². The second-order valence-corrected chi connectivity index (χ2v) is 6.64. The standard InChI is InChI=1S/C17H25N3O/c1-18(2)16(21)20-12-10-17(14-7-5-4-6-8-14)9-11-19(3)15(17)13-20/h4-8,15H,9-13H2,1-3H3/t15-,17-/m1/s1. The van der Waals surface area contributed by atoms with Gasteiger partial charge in [0.25, 0.3) is 0 Å². The summed E-state index contributed by atoms with van der Waals surface area (Å²) in [5.74, 6) is 0. The lowest BCUT2D eigenvalue weighted by molar-refractivity contribution is 0.0982. The van der Waals surface area contributed by atoms with Crippen LogP contribution in [0.25, 0.3) is 0 Å². The fraction of sp³-hybridized carbons (Fsp3) is 0.588. The molecular formula is C17H25N3O. The van der Waals surface area contributed by atoms with Crippen molar-refractivity contribution >= 4 is 6.03 Å². The van der Waals surface area contributed by atoms with Crippen LogP contribution in [0.4, 0.5) is 4.79 Å². The van der Waals surface area contributed by atoms with Crippen molar-refractivity contribution < 1.29 is 4.79 Å². The first-order valence-corrected chi connectivity index (χ1v) is 7.76. The Morgan fingerprint density at radius 3 is 2.52 bits per heavy atom. The van der Waals surface area contributed by atoms with Gasteiger partial charge in [-0.1, -0.05) is 30.3 Å². The maximum atomic E-state index is 12.3. The number of piperidine rings is 1. The lowest BCUT2D eigenvalue weighted by Crippen LogP contribution is -2.57. The number of likely N-dealkylation sites (tertiary alicyclic amines) is 2. The van der Waals surface area contributed by atoms with Crippen molar-refractivity contribution in [1.82, 2.24) is 14.7 Å². The van der Waals surface area contributed by atoms with Gasteiger partial charge in [0.1, 0.15) is 0 Å². The molecule has 0 N–H and O–H groups in total. The predicted molar refractivity (Wildman–Crippen MR) is 84.4 cm³/mol. The second kappa shape index (κ2) is 5.34. The summed E-state index contributed by atoms with van der Waals surface area (Å²) < 4.78 is 0. The minimum atomic E-state index is 0.136. The predicted octanol–water partition coefficient (Wildman–Crippen LogP) is 2.02. The molecule has 0 spiro atoms. The van der Waals surface area contributed by atoms with Crippen LogP contribution in [-0.4, -0.2) is 67.5 Å². The van der Waals surface area contributed by atoms with E-state index < -0.39 is 0 Å². The Bertz CT molecular complexity index is 516. The van der Waals surface area contributed by atoms with Gasteiger partial charge in [-0.2, -0.15) is 0 Å². The van der Waals surface area contributed by atoms with Crippen LogP contribution in [0, 0.1) is 0 Å². The quantitative estimate of drug-likeness (QED) is 0.790. The Morgan fingerprint density at radius 1 is 1.19 bits per heavy atom. The molecule has 2 saturated heterocycles. The van der Waals surface area contributed by atoms with E-state index in [4.69, 9.17) is 0 Å². The van der Waals surface area contributed by atoms with Crippen LogP contribution < -0.4 is 0 Å². The molecule has 0 radical (unpaired) electrons. The number of benzene rings is 1. The molecule has 2 amide bonds. The molecule has 0 aliphatic carbocycles. The number of carbonyl (C=O) groups is 1. The van der Waals surface area contributed by atoms with Gasteiger partial charge in [0.15, 0.2) is 0 Å². The van der Waals surface area contributed by atoms with Crippen LogP contribution >= 0.6 is 0 Å². The van der Waals surface area contributed by atoms with Crippen molar-refractivity contribution in [3.63, 3.8) is 0 Å². The van der Waals surface area contributed by atoms with E-state index in [1.54, 1.807) is 4.90 Å². The van der Waals surface area contributed by atoms with Crippen molar-refractivity contribution in [2.45, 2.75) is 24.3 Å². The zero-order chi connectivity index (χ0) is 15.0. The van der Waals surface area contributed by atoms with Gasteiger partial charge in [-0.25, -0.2) is 4.79 Å². The maximum absolute atomic E-state index is 12.3. The number of likely N-dealkylation sites (N-methyl/N-ethyl adjacent to an activating group) is 1. The normalized spacial score (nSPS) is 29.3. The third kappa shape index (κ3) is 2.31. The van der Waals surface area contributed by atoms with Crippen molar-refractivity contribution in [2.24, 2.45) is 0 Å². The molecule has 1 aromatic rings. The molecule has 2 fully saturated rings. The van der Waals surface area contributed by atoms with E-state index in [-0.39, 0.29) is 11.4 Å². The molecule has 3 rings (SSSR count). The molecule has 1 aromatic carbocycles. The second-order valence-electron chi connectivity index (χ2n) is 6.64. The molecule has 21 heavy (non-hydrogen) atoms. The van der Waals surface area contributed by atoms with Crippen molar-refractivity contribution in [3.8, 4) is 0 Å². The van der Waals surface area contributed by atoms with E-state index in [2.05, 4.69) is 42.3 Å². The Balaban J connectivity index is 1.88. The van der Waals surface area contributed by atoms with E-state index in [1.807, 2.05) is 19.0 Å². The minimum Gasteiger partial charge on any atom is -0.331 e. The molecule has 2 heterocycles. The maximum Gasteiger partial charge on any atom is 0.319 e. The molecule has 0 unspecified atom stereocenters. The highest BCUT2D eigenvalue weighted by atomic mass is 16.2. The highest BCUT2D eigenvalue weighted by Gasteiger charge is 2.50. The first-order valence-electron chi connectivity index (χ1n) is 7.76. The van der Waals surface area contributed by atoms with Crippen molar-refractivity contribution in [3.05, 3.63) is 35.9 Å². The van der Waals surface area contributed by atoms with E-state index in [9.17, 15) is 4.79 Å². The SMILES string of the molecule is CN(C)C(=O)N1CC[C@@]2(c3ccccc3)CCN(C)[C@@H]2C1. The molecule has 2 aliphatic rings. The number of amides is 2. The number of nitrogens with zero attached hydrogens (tertiary/aromatic N) is 3. The Morgan fingerprint density at radius 2 is 1.86 bits per heavy atom. The van der Waals surface area contributed by atoms with Crippen LogP contribution in [-0.2, 0) is 5.41 Å². The van der Waals surface area contributed by atoms with Gasteiger partial charge in [-0.3, -0.25) is 0 Å². The molecule has 4 heteroatoms. The van der Waals surface area contributed by atoms with Gasteiger partial charge in [0.05, 0.1) is 0 Å². The summed E-state index contributed by atoms with van der Waals surface area (Å²) in [6.45, 7) is 2.81. The molecule has 0 bridgehead atoms. The first-order chi connectivity index (χ1) is 10.0. The van der Waals surface area contributed by atoms with Gasteiger partial charge in [-0.15, -0.1) is 0 Å². The summed E-state index contributed by atoms with van der Waals surface area (Å²) in [5.41, 5.74) is 1.66. The first kappa shape index (κ1) is 14.4. The third-order valence-corrected chi connectivity index (χ3v) is 5.30. The topological polar surface area (TPSA) is 26.8 Å². The van der Waals surface area contributed by atoms with Crippen molar-refractivity contribution in [2.75, 3.05) is 40.8 Å². The van der Waals surface area contributed by atoms with Gasteiger partial charge >= 0.3 is 6.03 Å². The average molecular weight is 287 g/mol. The molecular weight excluding hydrogens is 262 g/mol. The number of hydrogen-bond donors (Lipinski definition) is 0. The minimum absolute atomic E-state index is 0.136. The molecule has 2 aliphatic heterocycles. The summed E-state index contributed by atoms with van der Waals surface area (Å²) in [6.07, 6.45) is 2.26. The average Bonchev–Trinajstić information content (AvgIpc) is 2.85. The van der Waals surface area contributed by atoms with E-state index >= 15 is 0 Å². The highest BCUT2D eigenvalue weighted by molar-refractivity contribution is 5.74. The van der Waals surface area contributed by atoms with Crippen LogP contribution in [0.2, 0.25) is 0 Å². The highest BCUT2D eigenvalue weighted by Crippen LogP contribution is 2.45. The monoisotopic (exact) mass is 287 g/mol. The lowest BCUT2D eigenvalue weighted by atomic mass is 9.69. The van der Waals surface area contributed by atoms with E-state index in [0.29, 0.717) is 6.04 Å². The van der Waals surface area contributed by atoms with Crippen molar-refractivity contribution in [1.29, 1.82) is 0 Å². The number of rotatable bonds is 1. The molecule has 4 nitrogen and oxygen atoms in total. The number of urea groups is 1. The van der Waals surface area contributed by atoms with E-state index in [0.717, 1.165) is 26.1 Å². The molecule has 114 valence electrons. The number of carbonyl (C=O) groups excluding carboxylic acids is 1. The Hall–Kier alpha value is -1.55. The number of hydrogen-bond acceptors (Lipinski definition) is 2. The summed E-state index contributed by atoms with van der Waals surface area (Å²) in [7, 11) is 5.86. The van der Waals surface area contributed by atoms with Crippen LogP contribution in [0.5, 0.6) is 0 Å². The fourth-order valence-electron chi connectivity index (χ4n) is 4.07. The molecule has 0 saturated carbocycles. The van der Waals surface area contributed by atoms with Gasteiger partial charge in [0.2, 0.25) is 0 Å². The van der Waals surface area contributed by atoms with Crippen LogP contribution in [0.15, 0.2) is 30.3 Å². The summed E-state index contributed by atoms with van der Waals surface area (Å²) >= 11 is 0. The van der Waals surface area contributed by atoms with E-state index in [1.165, 1.54) is 12.0 Å². The zero-order valence-electron chi connectivity index (χ0n) is 13.2. The third-order valence-electron chi connectivity index (χ3n) is 5.30. The molecule has 2 atom stereocenters. The van der Waals surface area contributed by atoms with Crippen LogP contribution in [0.3, 0.4) is 0 Å². The smallest absolute Gasteiger partial charge is 0.319 e. The Labute approximate surface area is 127 Å².